The smallest absolute Gasteiger partial charge is 0.178 e. The molecular weight excluding hydrogens is 404 g/mol. The molecule has 0 aliphatic carbocycles. The summed E-state index contributed by atoms with van der Waals surface area (Å²) in [6.45, 7) is 2.25. The molecule has 0 amide bonds. The molecule has 0 atom stereocenters. The van der Waals surface area contributed by atoms with Crippen LogP contribution in [0.2, 0.25) is 0 Å². The van der Waals surface area contributed by atoms with Gasteiger partial charge in [-0.3, -0.25) is 0 Å². The molecule has 4 nitrogen and oxygen atoms in total. The highest BCUT2D eigenvalue weighted by Crippen LogP contribution is 2.19. The maximum absolute atomic E-state index is 12.4. The first-order chi connectivity index (χ1) is 13.8. The summed E-state index contributed by atoms with van der Waals surface area (Å²) >= 11 is 0. The van der Waals surface area contributed by atoms with E-state index in [-0.39, 0.29) is 15.5 Å². The Morgan fingerprint density at radius 1 is 0.621 bits per heavy atom. The van der Waals surface area contributed by atoms with Gasteiger partial charge >= 0.3 is 0 Å². The number of sulfone groups is 2. The lowest BCUT2D eigenvalue weighted by molar-refractivity contribution is 0.537. The van der Waals surface area contributed by atoms with Crippen molar-refractivity contribution in [2.24, 2.45) is 0 Å². The predicted octanol–water partition coefficient (Wildman–Crippen LogP) is 6.35. The molecule has 6 heteroatoms. The molecular formula is C23H40O4S2. The molecule has 0 aromatic heterocycles. The summed E-state index contributed by atoms with van der Waals surface area (Å²) in [7, 11) is -6.82. The summed E-state index contributed by atoms with van der Waals surface area (Å²) in [4.78, 5) is 0.162. The van der Waals surface area contributed by atoms with E-state index in [0.29, 0.717) is 6.42 Å². The van der Waals surface area contributed by atoms with Crippen LogP contribution in [0.25, 0.3) is 0 Å². The number of rotatable bonds is 17. The Hall–Kier alpha value is -0.880. The van der Waals surface area contributed by atoms with Gasteiger partial charge in [-0.15, -0.1) is 0 Å². The first-order valence-corrected chi connectivity index (χ1v) is 14.8. The molecule has 168 valence electrons. The summed E-state index contributed by atoms with van der Waals surface area (Å²) < 4.78 is 48.1. The Morgan fingerprint density at radius 3 is 1.48 bits per heavy atom. The first-order valence-electron chi connectivity index (χ1n) is 11.3. The van der Waals surface area contributed by atoms with Gasteiger partial charge in [0.2, 0.25) is 0 Å². The third-order valence-electron chi connectivity index (χ3n) is 5.36. The highest BCUT2D eigenvalue weighted by Gasteiger charge is 2.16. The van der Waals surface area contributed by atoms with E-state index in [1.54, 1.807) is 0 Å². The van der Waals surface area contributed by atoms with Gasteiger partial charge in [0.25, 0.3) is 0 Å². The molecule has 29 heavy (non-hydrogen) atoms. The summed E-state index contributed by atoms with van der Waals surface area (Å²) in [5, 5.41) is 0. The van der Waals surface area contributed by atoms with E-state index < -0.39 is 19.7 Å². The quantitative estimate of drug-likeness (QED) is 0.263. The summed E-state index contributed by atoms with van der Waals surface area (Å²) in [5.74, 6) is 0.0816. The lowest BCUT2D eigenvalue weighted by atomic mass is 10.0. The fourth-order valence-electron chi connectivity index (χ4n) is 3.50. The van der Waals surface area contributed by atoms with E-state index in [2.05, 4.69) is 6.92 Å². The van der Waals surface area contributed by atoms with Crippen LogP contribution in [0.4, 0.5) is 0 Å². The van der Waals surface area contributed by atoms with Gasteiger partial charge in [-0.05, 0) is 24.6 Å². The number of unbranched alkanes of at least 4 members (excludes halogenated alkanes) is 13. The second-order valence-corrected chi connectivity index (χ2v) is 12.3. The van der Waals surface area contributed by atoms with E-state index in [1.807, 2.05) is 0 Å². The van der Waals surface area contributed by atoms with Crippen LogP contribution in [-0.2, 0) is 19.7 Å². The van der Waals surface area contributed by atoms with Crippen LogP contribution in [0, 0.1) is 0 Å². The highest BCUT2D eigenvalue weighted by molar-refractivity contribution is 7.92. The predicted molar refractivity (Wildman–Crippen MR) is 122 cm³/mol. The number of hydrogen-bond acceptors (Lipinski definition) is 4. The molecule has 0 spiro atoms. The summed E-state index contributed by atoms with van der Waals surface area (Å²) in [6.07, 6.45) is 18.2. The monoisotopic (exact) mass is 444 g/mol. The Balaban J connectivity index is 2.11. The van der Waals surface area contributed by atoms with Crippen LogP contribution in [0.5, 0.6) is 0 Å². The van der Waals surface area contributed by atoms with Crippen molar-refractivity contribution in [2.75, 3.05) is 12.0 Å². The average Bonchev–Trinajstić information content (AvgIpc) is 2.67. The SMILES string of the molecule is CCCCCCCCCCCCCCCCS(=O)(=O)c1cccc(S(C)(=O)=O)c1. The summed E-state index contributed by atoms with van der Waals surface area (Å²) in [5.41, 5.74) is 0. The van der Waals surface area contributed by atoms with Crippen molar-refractivity contribution in [2.45, 2.75) is 107 Å². The van der Waals surface area contributed by atoms with Crippen LogP contribution in [0.3, 0.4) is 0 Å². The lowest BCUT2D eigenvalue weighted by Crippen LogP contribution is -2.08. The van der Waals surface area contributed by atoms with E-state index in [9.17, 15) is 16.8 Å². The van der Waals surface area contributed by atoms with Gasteiger partial charge in [0.05, 0.1) is 15.5 Å². The van der Waals surface area contributed by atoms with Gasteiger partial charge in [-0.25, -0.2) is 16.8 Å². The molecule has 0 radical (unpaired) electrons. The maximum Gasteiger partial charge on any atom is 0.178 e. The van der Waals surface area contributed by atoms with E-state index in [0.717, 1.165) is 19.1 Å². The Kier molecular flexibility index (Phi) is 12.8. The largest absolute Gasteiger partial charge is 0.224 e. The normalized spacial score (nSPS) is 12.3. The van der Waals surface area contributed by atoms with Crippen LogP contribution >= 0.6 is 0 Å². The molecule has 0 aliphatic heterocycles. The van der Waals surface area contributed by atoms with Gasteiger partial charge in [0, 0.05) is 6.26 Å². The van der Waals surface area contributed by atoms with Crippen molar-refractivity contribution in [1.82, 2.24) is 0 Å². The minimum Gasteiger partial charge on any atom is -0.224 e. The van der Waals surface area contributed by atoms with Gasteiger partial charge in [-0.1, -0.05) is 96.5 Å². The second-order valence-electron chi connectivity index (χ2n) is 8.16. The topological polar surface area (TPSA) is 68.3 Å². The van der Waals surface area contributed by atoms with E-state index in [1.165, 1.54) is 94.9 Å². The molecule has 0 heterocycles. The number of hydrogen-bond donors (Lipinski definition) is 0. The first kappa shape index (κ1) is 26.2. The Labute approximate surface area is 179 Å². The molecule has 1 rings (SSSR count). The molecule has 1 aromatic carbocycles. The van der Waals surface area contributed by atoms with Crippen LogP contribution < -0.4 is 0 Å². The maximum atomic E-state index is 12.4. The molecule has 1 aromatic rings. The average molecular weight is 445 g/mol. The molecule has 0 bridgehead atoms. The van der Waals surface area contributed by atoms with Crippen molar-refractivity contribution < 1.29 is 16.8 Å². The van der Waals surface area contributed by atoms with Crippen molar-refractivity contribution in [3.8, 4) is 0 Å². The third-order valence-corrected chi connectivity index (χ3v) is 8.27. The molecule has 0 N–H and O–H groups in total. The van der Waals surface area contributed by atoms with E-state index in [4.69, 9.17) is 0 Å². The zero-order valence-corrected chi connectivity index (χ0v) is 20.0. The molecule has 0 aliphatic rings. The van der Waals surface area contributed by atoms with Crippen molar-refractivity contribution in [3.05, 3.63) is 24.3 Å². The van der Waals surface area contributed by atoms with Gasteiger partial charge in [0.15, 0.2) is 19.7 Å². The number of benzene rings is 1. The third kappa shape index (κ3) is 11.8. The van der Waals surface area contributed by atoms with Gasteiger partial charge in [-0.2, -0.15) is 0 Å². The molecule has 0 unspecified atom stereocenters. The van der Waals surface area contributed by atoms with Gasteiger partial charge in [0.1, 0.15) is 0 Å². The van der Waals surface area contributed by atoms with Crippen molar-refractivity contribution in [3.63, 3.8) is 0 Å². The van der Waals surface area contributed by atoms with Crippen molar-refractivity contribution in [1.29, 1.82) is 0 Å². The highest BCUT2D eigenvalue weighted by atomic mass is 32.2. The van der Waals surface area contributed by atoms with Gasteiger partial charge < -0.3 is 0 Å². The standard InChI is InChI=1S/C23H40O4S2/c1-3-4-5-6-7-8-9-10-11-12-13-14-15-16-20-29(26,27)23-19-17-18-22(21-23)28(2,24)25/h17-19,21H,3-16,20H2,1-2H3. The van der Waals surface area contributed by atoms with Crippen LogP contribution in [-0.4, -0.2) is 28.8 Å². The molecule has 0 saturated carbocycles. The van der Waals surface area contributed by atoms with Crippen LogP contribution in [0.1, 0.15) is 96.8 Å². The summed E-state index contributed by atoms with van der Waals surface area (Å²) in [6, 6.07) is 5.68. The fraction of sp³-hybridized carbons (Fsp3) is 0.739. The minimum atomic E-state index is -3.42. The van der Waals surface area contributed by atoms with E-state index >= 15 is 0 Å². The molecule has 0 fully saturated rings. The Bertz CT molecular complexity index is 768. The zero-order valence-electron chi connectivity index (χ0n) is 18.4. The minimum absolute atomic E-state index is 0.0551. The second kappa shape index (κ2) is 14.2. The fourth-order valence-corrected chi connectivity index (χ4v) is 5.66. The molecule has 0 saturated heterocycles. The van der Waals surface area contributed by atoms with Crippen LogP contribution in [0.15, 0.2) is 34.1 Å². The van der Waals surface area contributed by atoms with Crippen molar-refractivity contribution >= 4 is 19.7 Å². The lowest BCUT2D eigenvalue weighted by Gasteiger charge is -2.06. The Morgan fingerprint density at radius 2 is 1.03 bits per heavy atom. The zero-order chi connectivity index (χ0) is 21.6.